The Bertz CT molecular complexity index is 396. The van der Waals surface area contributed by atoms with Crippen LogP contribution >= 0.6 is 0 Å². The van der Waals surface area contributed by atoms with Crippen LogP contribution in [0.4, 0.5) is 0 Å². The molecule has 19 heavy (non-hydrogen) atoms. The molecule has 1 aromatic carbocycles. The summed E-state index contributed by atoms with van der Waals surface area (Å²) < 4.78 is 6.23. The Labute approximate surface area is 117 Å². The molecular formula is C17H27NO. The zero-order chi connectivity index (χ0) is 13.9. The Morgan fingerprint density at radius 1 is 1.26 bits per heavy atom. The summed E-state index contributed by atoms with van der Waals surface area (Å²) in [5.74, 6) is 1.00. The normalized spacial score (nSPS) is 26.1. The van der Waals surface area contributed by atoms with Crippen LogP contribution in [0.1, 0.15) is 45.6 Å². The molecule has 1 aromatic rings. The molecule has 0 saturated heterocycles. The van der Waals surface area contributed by atoms with Crippen LogP contribution in [0.2, 0.25) is 0 Å². The van der Waals surface area contributed by atoms with E-state index in [4.69, 9.17) is 4.74 Å². The van der Waals surface area contributed by atoms with E-state index in [1.165, 1.54) is 18.4 Å². The topological polar surface area (TPSA) is 21.3 Å². The number of aryl methyl sites for hydroxylation is 1. The molecule has 1 saturated carbocycles. The molecule has 2 atom stereocenters. The first kappa shape index (κ1) is 14.4. The number of hydrogen-bond acceptors (Lipinski definition) is 2. The molecule has 0 aliphatic heterocycles. The van der Waals surface area contributed by atoms with Gasteiger partial charge in [0.25, 0.3) is 0 Å². The van der Waals surface area contributed by atoms with Crippen molar-refractivity contribution >= 4 is 0 Å². The van der Waals surface area contributed by atoms with Crippen molar-refractivity contribution in [3.05, 3.63) is 29.8 Å². The zero-order valence-corrected chi connectivity index (χ0v) is 12.7. The molecule has 1 N–H and O–H groups in total. The summed E-state index contributed by atoms with van der Waals surface area (Å²) >= 11 is 0. The van der Waals surface area contributed by atoms with Gasteiger partial charge in [-0.3, -0.25) is 0 Å². The van der Waals surface area contributed by atoms with Gasteiger partial charge in [0, 0.05) is 6.04 Å². The van der Waals surface area contributed by atoms with E-state index in [9.17, 15) is 0 Å². The number of nitrogens with one attached hydrogen (secondary N) is 1. The second kappa shape index (κ2) is 5.96. The molecule has 0 amide bonds. The van der Waals surface area contributed by atoms with Crippen LogP contribution in [0.3, 0.4) is 0 Å². The van der Waals surface area contributed by atoms with E-state index >= 15 is 0 Å². The van der Waals surface area contributed by atoms with Crippen molar-refractivity contribution in [3.8, 4) is 5.75 Å². The third-order valence-corrected chi connectivity index (χ3v) is 4.45. The second-order valence-corrected chi connectivity index (χ2v) is 6.30. The first-order valence-corrected chi connectivity index (χ1v) is 7.49. The molecule has 0 bridgehead atoms. The summed E-state index contributed by atoms with van der Waals surface area (Å²) in [4.78, 5) is 0. The van der Waals surface area contributed by atoms with Crippen molar-refractivity contribution in [2.24, 2.45) is 5.41 Å². The Morgan fingerprint density at radius 2 is 1.95 bits per heavy atom. The standard InChI is InChI=1S/C17H27NO/c1-5-13-8-10-14(11-9-13)19-15-7-6-12-17(2,3)16(15)18-4/h8-11,15-16,18H,5-7,12H2,1-4H3. The molecule has 2 nitrogen and oxygen atoms in total. The highest BCUT2D eigenvalue weighted by Crippen LogP contribution is 2.37. The average Bonchev–Trinajstić information content (AvgIpc) is 2.39. The van der Waals surface area contributed by atoms with Gasteiger partial charge in [-0.2, -0.15) is 0 Å². The smallest absolute Gasteiger partial charge is 0.119 e. The molecule has 1 aliphatic carbocycles. The van der Waals surface area contributed by atoms with E-state index < -0.39 is 0 Å². The summed E-state index contributed by atoms with van der Waals surface area (Å²) in [6.45, 7) is 6.85. The number of likely N-dealkylation sites (N-methyl/N-ethyl adjacent to an activating group) is 1. The molecule has 0 heterocycles. The van der Waals surface area contributed by atoms with Crippen LogP contribution in [-0.4, -0.2) is 19.2 Å². The van der Waals surface area contributed by atoms with Gasteiger partial charge in [-0.05, 0) is 55.8 Å². The van der Waals surface area contributed by atoms with Crippen molar-refractivity contribution < 1.29 is 4.74 Å². The van der Waals surface area contributed by atoms with Gasteiger partial charge in [0.15, 0.2) is 0 Å². The van der Waals surface area contributed by atoms with Crippen molar-refractivity contribution in [1.29, 1.82) is 0 Å². The van der Waals surface area contributed by atoms with Crippen LogP contribution in [0, 0.1) is 5.41 Å². The predicted octanol–water partition coefficient (Wildman–Crippen LogP) is 3.79. The lowest BCUT2D eigenvalue weighted by molar-refractivity contribution is 0.0404. The SMILES string of the molecule is CCc1ccc(OC2CCCC(C)(C)C2NC)cc1. The van der Waals surface area contributed by atoms with Crippen LogP contribution < -0.4 is 10.1 Å². The van der Waals surface area contributed by atoms with Gasteiger partial charge in [0.1, 0.15) is 11.9 Å². The van der Waals surface area contributed by atoms with Crippen LogP contribution in [0.5, 0.6) is 5.75 Å². The number of ether oxygens (including phenoxy) is 1. The van der Waals surface area contributed by atoms with Crippen molar-refractivity contribution in [2.75, 3.05) is 7.05 Å². The Morgan fingerprint density at radius 3 is 2.53 bits per heavy atom. The number of benzene rings is 1. The molecule has 1 fully saturated rings. The van der Waals surface area contributed by atoms with Crippen LogP contribution in [-0.2, 0) is 6.42 Å². The highest BCUT2D eigenvalue weighted by atomic mass is 16.5. The lowest BCUT2D eigenvalue weighted by Gasteiger charge is -2.43. The van der Waals surface area contributed by atoms with Gasteiger partial charge >= 0.3 is 0 Å². The first-order chi connectivity index (χ1) is 9.06. The highest BCUT2D eigenvalue weighted by molar-refractivity contribution is 5.27. The third-order valence-electron chi connectivity index (χ3n) is 4.45. The maximum atomic E-state index is 6.23. The van der Waals surface area contributed by atoms with Gasteiger partial charge in [-0.1, -0.05) is 32.9 Å². The second-order valence-electron chi connectivity index (χ2n) is 6.30. The summed E-state index contributed by atoms with van der Waals surface area (Å²) in [6.07, 6.45) is 5.03. The fourth-order valence-electron chi connectivity index (χ4n) is 3.27. The molecule has 0 spiro atoms. The lowest BCUT2D eigenvalue weighted by Crippen LogP contribution is -2.53. The molecule has 0 aromatic heterocycles. The summed E-state index contributed by atoms with van der Waals surface area (Å²) in [5.41, 5.74) is 1.67. The Hall–Kier alpha value is -1.02. The minimum atomic E-state index is 0.279. The molecule has 106 valence electrons. The quantitative estimate of drug-likeness (QED) is 0.890. The van der Waals surface area contributed by atoms with Crippen molar-refractivity contribution in [2.45, 2.75) is 58.6 Å². The zero-order valence-electron chi connectivity index (χ0n) is 12.7. The van der Waals surface area contributed by atoms with Gasteiger partial charge < -0.3 is 10.1 Å². The Balaban J connectivity index is 2.07. The molecular weight excluding hydrogens is 234 g/mol. The van der Waals surface area contributed by atoms with E-state index in [0.29, 0.717) is 11.5 Å². The minimum Gasteiger partial charge on any atom is -0.489 e. The maximum Gasteiger partial charge on any atom is 0.119 e. The average molecular weight is 261 g/mol. The predicted molar refractivity (Wildman–Crippen MR) is 80.7 cm³/mol. The van der Waals surface area contributed by atoms with E-state index in [2.05, 4.69) is 50.4 Å². The van der Waals surface area contributed by atoms with Gasteiger partial charge in [-0.15, -0.1) is 0 Å². The van der Waals surface area contributed by atoms with Gasteiger partial charge in [-0.25, -0.2) is 0 Å². The summed E-state index contributed by atoms with van der Waals surface area (Å²) in [5, 5.41) is 3.46. The van der Waals surface area contributed by atoms with E-state index in [1.807, 2.05) is 7.05 Å². The Kier molecular flexibility index (Phi) is 4.51. The van der Waals surface area contributed by atoms with E-state index in [0.717, 1.165) is 18.6 Å². The monoisotopic (exact) mass is 261 g/mol. The molecule has 1 aliphatic rings. The summed E-state index contributed by atoms with van der Waals surface area (Å²) in [6, 6.07) is 8.96. The summed E-state index contributed by atoms with van der Waals surface area (Å²) in [7, 11) is 2.05. The highest BCUT2D eigenvalue weighted by Gasteiger charge is 2.39. The number of rotatable bonds is 4. The molecule has 2 heteroatoms. The number of hydrogen-bond donors (Lipinski definition) is 1. The molecule has 2 rings (SSSR count). The minimum absolute atomic E-state index is 0.279. The van der Waals surface area contributed by atoms with Crippen molar-refractivity contribution in [1.82, 2.24) is 5.32 Å². The first-order valence-electron chi connectivity index (χ1n) is 7.49. The van der Waals surface area contributed by atoms with Gasteiger partial charge in [0.05, 0.1) is 0 Å². The van der Waals surface area contributed by atoms with Crippen LogP contribution in [0.25, 0.3) is 0 Å². The fraction of sp³-hybridized carbons (Fsp3) is 0.647. The largest absolute Gasteiger partial charge is 0.489 e. The maximum absolute atomic E-state index is 6.23. The third kappa shape index (κ3) is 3.30. The van der Waals surface area contributed by atoms with Gasteiger partial charge in [0.2, 0.25) is 0 Å². The van der Waals surface area contributed by atoms with E-state index in [1.54, 1.807) is 0 Å². The molecule has 0 radical (unpaired) electrons. The lowest BCUT2D eigenvalue weighted by atomic mass is 9.72. The van der Waals surface area contributed by atoms with Crippen molar-refractivity contribution in [3.63, 3.8) is 0 Å². The van der Waals surface area contributed by atoms with Crippen LogP contribution in [0.15, 0.2) is 24.3 Å². The molecule has 2 unspecified atom stereocenters. The fourth-order valence-corrected chi connectivity index (χ4v) is 3.27. The van der Waals surface area contributed by atoms with E-state index in [-0.39, 0.29) is 6.10 Å².